The minimum atomic E-state index is -4.68. The molecule has 0 bridgehead atoms. The number of hydrogen-bond donors (Lipinski definition) is 0. The number of allylic oxidation sites excluding steroid dienone is 1. The van der Waals surface area contributed by atoms with Crippen molar-refractivity contribution in [1.29, 1.82) is 0 Å². The number of aliphatic imine (C=N–C) groups is 1. The van der Waals surface area contributed by atoms with Crippen molar-refractivity contribution < 1.29 is 40.2 Å². The van der Waals surface area contributed by atoms with Crippen molar-refractivity contribution in [3.8, 4) is 17.6 Å². The maximum absolute atomic E-state index is 14.6. The number of hydrogen-bond acceptors (Lipinski definition) is 4. The zero-order valence-electron chi connectivity index (χ0n) is 20.8. The number of halogens is 7. The van der Waals surface area contributed by atoms with Gasteiger partial charge in [0.2, 0.25) is 0 Å². The molecule has 0 amide bonds. The van der Waals surface area contributed by atoms with E-state index in [4.69, 9.17) is 4.74 Å². The number of thioether (sulfide) groups is 1. The van der Waals surface area contributed by atoms with Crippen molar-refractivity contribution in [3.05, 3.63) is 87.2 Å². The molecule has 2 aromatic carbocycles. The highest BCUT2D eigenvalue weighted by Gasteiger charge is 2.41. The van der Waals surface area contributed by atoms with Crippen LogP contribution in [0.2, 0.25) is 0 Å². The van der Waals surface area contributed by atoms with Gasteiger partial charge in [0.25, 0.3) is 0 Å². The van der Waals surface area contributed by atoms with Gasteiger partial charge in [0.05, 0.1) is 6.10 Å². The summed E-state index contributed by atoms with van der Waals surface area (Å²) in [5.74, 6) is -4.39. The largest absolute Gasteiger partial charge is 0.432 e. The maximum Gasteiger partial charge on any atom is 0.432 e. The Hall–Kier alpha value is -3.23. The summed E-state index contributed by atoms with van der Waals surface area (Å²) in [7, 11) is 0. The molecule has 2 atom stereocenters. The second kappa shape index (κ2) is 11.9. The minimum Gasteiger partial charge on any atom is -0.429 e. The fourth-order valence-corrected chi connectivity index (χ4v) is 4.72. The Morgan fingerprint density at radius 1 is 1.00 bits per heavy atom. The van der Waals surface area contributed by atoms with Gasteiger partial charge in [-0.2, -0.15) is 8.78 Å². The Morgan fingerprint density at radius 3 is 2.26 bits per heavy atom. The van der Waals surface area contributed by atoms with Crippen LogP contribution in [0, 0.1) is 46.8 Å². The predicted molar refractivity (Wildman–Crippen MR) is 134 cm³/mol. The van der Waals surface area contributed by atoms with Gasteiger partial charge in [-0.05, 0) is 59.8 Å². The third-order valence-electron chi connectivity index (χ3n) is 5.96. The molecule has 0 aromatic heterocycles. The Kier molecular flexibility index (Phi) is 8.76. The number of alkyl halides is 2. The number of nitrogens with zero attached hydrogens (tertiary/aromatic N) is 1. The molecule has 0 saturated carbocycles. The Labute approximate surface area is 224 Å². The molecule has 2 heterocycles. The van der Waals surface area contributed by atoms with Crippen LogP contribution in [0.5, 0.6) is 5.75 Å². The zero-order chi connectivity index (χ0) is 28.3. The fraction of sp³-hybridized carbons (Fsp3) is 0.321. The highest BCUT2D eigenvalue weighted by atomic mass is 32.2. The second-order valence-electron chi connectivity index (χ2n) is 9.02. The number of benzene rings is 2. The summed E-state index contributed by atoms with van der Waals surface area (Å²) in [5, 5.41) is 0.334. The molecule has 3 nitrogen and oxygen atoms in total. The highest BCUT2D eigenvalue weighted by molar-refractivity contribution is 8.17. The van der Waals surface area contributed by atoms with E-state index in [-0.39, 0.29) is 23.8 Å². The monoisotopic (exact) mass is 569 g/mol. The van der Waals surface area contributed by atoms with E-state index in [9.17, 15) is 30.7 Å². The van der Waals surface area contributed by atoms with E-state index in [0.717, 1.165) is 23.3 Å². The second-order valence-corrected chi connectivity index (χ2v) is 10.1. The first-order valence-corrected chi connectivity index (χ1v) is 12.8. The first kappa shape index (κ1) is 28.8. The molecule has 206 valence electrons. The first-order valence-electron chi connectivity index (χ1n) is 12.0. The molecule has 39 heavy (non-hydrogen) atoms. The maximum atomic E-state index is 14.6. The van der Waals surface area contributed by atoms with Gasteiger partial charge >= 0.3 is 6.11 Å². The summed E-state index contributed by atoms with van der Waals surface area (Å²) in [6.07, 6.45) is 1.41. The van der Waals surface area contributed by atoms with Crippen LogP contribution in [-0.2, 0) is 10.8 Å². The molecular weight excluding hydrogens is 547 g/mol. The van der Waals surface area contributed by atoms with Gasteiger partial charge in [0.15, 0.2) is 22.5 Å². The average molecular weight is 570 g/mol. The van der Waals surface area contributed by atoms with Crippen LogP contribution < -0.4 is 4.74 Å². The lowest BCUT2D eigenvalue weighted by Crippen LogP contribution is -2.25. The van der Waals surface area contributed by atoms with Crippen molar-refractivity contribution >= 4 is 16.8 Å². The first-order chi connectivity index (χ1) is 18.5. The summed E-state index contributed by atoms with van der Waals surface area (Å²) >= 11 is 1.27. The van der Waals surface area contributed by atoms with Crippen LogP contribution in [0.1, 0.15) is 44.2 Å². The third-order valence-corrected chi connectivity index (χ3v) is 7.03. The Balaban J connectivity index is 1.57. The molecule has 2 aliphatic rings. The van der Waals surface area contributed by atoms with Crippen LogP contribution in [-0.4, -0.2) is 17.8 Å². The lowest BCUT2D eigenvalue weighted by Gasteiger charge is -2.27. The normalized spacial score (nSPS) is 19.8. The van der Waals surface area contributed by atoms with Gasteiger partial charge in [-0.1, -0.05) is 31.5 Å². The van der Waals surface area contributed by atoms with Gasteiger partial charge in [0.1, 0.15) is 22.9 Å². The molecule has 2 aromatic rings. The van der Waals surface area contributed by atoms with Crippen LogP contribution in [0.25, 0.3) is 0 Å². The van der Waals surface area contributed by atoms with E-state index in [2.05, 4.69) is 28.5 Å². The summed E-state index contributed by atoms with van der Waals surface area (Å²) in [6.45, 7) is 4.72. The van der Waals surface area contributed by atoms with Gasteiger partial charge in [0, 0.05) is 30.5 Å². The predicted octanol–water partition coefficient (Wildman–Crippen LogP) is 8.00. The molecule has 4 rings (SSSR count). The highest BCUT2D eigenvalue weighted by Crippen LogP contribution is 2.36. The van der Waals surface area contributed by atoms with Crippen molar-refractivity contribution in [3.63, 3.8) is 0 Å². The summed E-state index contributed by atoms with van der Waals surface area (Å²) < 4.78 is 108. The quantitative estimate of drug-likeness (QED) is 0.208. The SMILES string of the molecule is CCC1=CC(C2CCC(C)CO2)=CN=C(C#Cc2cc(F)c(C(F)(F)Oc3cc(F)c(F)c(F)c3)c(F)c2)S1. The van der Waals surface area contributed by atoms with Gasteiger partial charge in [-0.15, -0.1) is 0 Å². The lowest BCUT2D eigenvalue weighted by molar-refractivity contribution is -0.189. The van der Waals surface area contributed by atoms with E-state index in [1.807, 2.05) is 13.0 Å². The molecule has 0 radical (unpaired) electrons. The fourth-order valence-electron chi connectivity index (χ4n) is 3.93. The van der Waals surface area contributed by atoms with Crippen LogP contribution in [0.3, 0.4) is 0 Å². The number of ether oxygens (including phenoxy) is 2. The van der Waals surface area contributed by atoms with E-state index in [0.29, 0.717) is 36.1 Å². The van der Waals surface area contributed by atoms with Crippen LogP contribution >= 0.6 is 11.8 Å². The van der Waals surface area contributed by atoms with Gasteiger partial charge in [-0.3, -0.25) is 0 Å². The van der Waals surface area contributed by atoms with Crippen molar-refractivity contribution in [1.82, 2.24) is 0 Å². The van der Waals surface area contributed by atoms with E-state index < -0.39 is 46.5 Å². The molecule has 0 aliphatic carbocycles. The lowest BCUT2D eigenvalue weighted by atomic mass is 9.96. The zero-order valence-corrected chi connectivity index (χ0v) is 21.6. The van der Waals surface area contributed by atoms with E-state index in [1.165, 1.54) is 11.8 Å². The minimum absolute atomic E-state index is 0.0954. The molecule has 11 heteroatoms. The van der Waals surface area contributed by atoms with Crippen molar-refractivity contribution in [2.24, 2.45) is 10.9 Å². The molecule has 2 aliphatic heterocycles. The standard InChI is InChI=1S/C28H22F7NO2S/c1-3-19-10-17(24-6-4-15(2)14-37-24)13-36-25(39-19)7-5-16-8-20(29)26(21(30)9-16)28(34,35)38-18-11-22(31)27(33)23(32)12-18/h8-13,15,24H,3-4,6,14H2,1-2H3. The summed E-state index contributed by atoms with van der Waals surface area (Å²) in [4.78, 5) is 5.33. The van der Waals surface area contributed by atoms with E-state index in [1.54, 1.807) is 6.20 Å². The Morgan fingerprint density at radius 2 is 1.67 bits per heavy atom. The van der Waals surface area contributed by atoms with Crippen LogP contribution in [0.4, 0.5) is 30.7 Å². The summed E-state index contributed by atoms with van der Waals surface area (Å²) in [6, 6.07) is 1.41. The third kappa shape index (κ3) is 6.86. The molecule has 2 unspecified atom stereocenters. The van der Waals surface area contributed by atoms with Crippen molar-refractivity contribution in [2.45, 2.75) is 45.3 Å². The van der Waals surface area contributed by atoms with Gasteiger partial charge in [-0.25, -0.2) is 26.9 Å². The van der Waals surface area contributed by atoms with Crippen LogP contribution in [0.15, 0.2) is 52.0 Å². The molecule has 0 spiro atoms. The topological polar surface area (TPSA) is 30.8 Å². The van der Waals surface area contributed by atoms with E-state index >= 15 is 0 Å². The van der Waals surface area contributed by atoms with Crippen molar-refractivity contribution in [2.75, 3.05) is 6.61 Å². The summed E-state index contributed by atoms with van der Waals surface area (Å²) in [5.41, 5.74) is -1.16. The molecular formula is C28H22F7NO2S. The Bertz CT molecular complexity index is 1370. The molecule has 1 saturated heterocycles. The molecule has 0 N–H and O–H groups in total. The smallest absolute Gasteiger partial charge is 0.429 e. The number of rotatable bonds is 5. The molecule has 1 fully saturated rings. The average Bonchev–Trinajstić information content (AvgIpc) is 3.08. The van der Waals surface area contributed by atoms with Gasteiger partial charge < -0.3 is 9.47 Å².